The Labute approximate surface area is 143 Å². The number of rotatable bonds is 2. The molecule has 0 amide bonds. The fraction of sp³-hybridized carbons (Fsp3) is 0.400. The van der Waals surface area contributed by atoms with Crippen LogP contribution in [0.25, 0.3) is 11.1 Å². The molecule has 0 saturated carbocycles. The van der Waals surface area contributed by atoms with Gasteiger partial charge in [-0.15, -0.1) is 0 Å². The quantitative estimate of drug-likeness (QED) is 0.891. The maximum Gasteiger partial charge on any atom is 0.150 e. The van der Waals surface area contributed by atoms with E-state index in [1.54, 1.807) is 6.92 Å². The number of anilines is 1. The van der Waals surface area contributed by atoms with Crippen molar-refractivity contribution in [1.29, 1.82) is 0 Å². The van der Waals surface area contributed by atoms with Crippen molar-refractivity contribution in [1.82, 2.24) is 5.32 Å². The fourth-order valence-corrected chi connectivity index (χ4v) is 3.70. The minimum atomic E-state index is -0.440. The van der Waals surface area contributed by atoms with Crippen LogP contribution in [-0.2, 0) is 0 Å². The summed E-state index contributed by atoms with van der Waals surface area (Å²) in [4.78, 5) is 2.49. The molecular formula is C20H24N2O2. The number of aliphatic hydroxyl groups excluding tert-OH is 1. The molecule has 1 fully saturated rings. The van der Waals surface area contributed by atoms with E-state index >= 15 is 0 Å². The first kappa shape index (κ1) is 15.5. The summed E-state index contributed by atoms with van der Waals surface area (Å²) in [5.41, 5.74) is 4.40. The molecule has 126 valence electrons. The van der Waals surface area contributed by atoms with E-state index in [0.29, 0.717) is 6.04 Å². The minimum Gasteiger partial charge on any atom is -0.491 e. The van der Waals surface area contributed by atoms with Crippen LogP contribution in [0, 0.1) is 0 Å². The Bertz CT molecular complexity index is 712. The highest BCUT2D eigenvalue weighted by atomic mass is 16.5. The van der Waals surface area contributed by atoms with E-state index in [-0.39, 0.29) is 0 Å². The number of hydrogen-bond acceptors (Lipinski definition) is 4. The summed E-state index contributed by atoms with van der Waals surface area (Å²) in [7, 11) is 0. The predicted molar refractivity (Wildman–Crippen MR) is 96.6 cm³/mol. The van der Waals surface area contributed by atoms with E-state index in [1.807, 2.05) is 12.1 Å². The Morgan fingerprint density at radius 1 is 1.21 bits per heavy atom. The SMILES string of the molecule is CC(O)c1ccc(-c2cccc3c2OCCC2CNCCN32)cc1. The molecular weight excluding hydrogens is 300 g/mol. The zero-order valence-electron chi connectivity index (χ0n) is 14.0. The Morgan fingerprint density at radius 2 is 2.04 bits per heavy atom. The molecule has 2 aromatic carbocycles. The van der Waals surface area contributed by atoms with Crippen LogP contribution in [0.1, 0.15) is 25.0 Å². The standard InChI is InChI=1S/C20H24N2O2/c1-14(23)15-5-7-16(8-6-15)18-3-2-4-19-20(18)24-12-9-17-13-21-10-11-22(17)19/h2-8,14,17,21,23H,9-13H2,1H3. The molecule has 1 saturated heterocycles. The van der Waals surface area contributed by atoms with Crippen LogP contribution in [0.15, 0.2) is 42.5 Å². The summed E-state index contributed by atoms with van der Waals surface area (Å²) in [5, 5.41) is 13.2. The van der Waals surface area contributed by atoms with Gasteiger partial charge >= 0.3 is 0 Å². The van der Waals surface area contributed by atoms with E-state index in [1.165, 1.54) is 5.69 Å². The van der Waals surface area contributed by atoms with Crippen LogP contribution in [-0.4, -0.2) is 37.4 Å². The molecule has 0 spiro atoms. The minimum absolute atomic E-state index is 0.440. The van der Waals surface area contributed by atoms with Crippen LogP contribution < -0.4 is 15.0 Å². The highest BCUT2D eigenvalue weighted by molar-refractivity contribution is 5.79. The summed E-state index contributed by atoms with van der Waals surface area (Å²) >= 11 is 0. The molecule has 4 nitrogen and oxygen atoms in total. The number of nitrogens with zero attached hydrogens (tertiary/aromatic N) is 1. The van der Waals surface area contributed by atoms with Gasteiger partial charge in [0.1, 0.15) is 5.75 Å². The lowest BCUT2D eigenvalue weighted by atomic mass is 10.00. The van der Waals surface area contributed by atoms with Crippen LogP contribution in [0.2, 0.25) is 0 Å². The van der Waals surface area contributed by atoms with Gasteiger partial charge in [-0.1, -0.05) is 36.4 Å². The second-order valence-electron chi connectivity index (χ2n) is 6.64. The molecule has 0 aromatic heterocycles. The van der Waals surface area contributed by atoms with E-state index in [4.69, 9.17) is 4.74 Å². The molecule has 2 aromatic rings. The van der Waals surface area contributed by atoms with Gasteiger partial charge in [0, 0.05) is 37.7 Å². The Hall–Kier alpha value is -2.04. The van der Waals surface area contributed by atoms with Gasteiger partial charge in [0.2, 0.25) is 0 Å². The molecule has 0 bridgehead atoms. The fourth-order valence-electron chi connectivity index (χ4n) is 3.70. The first-order valence-electron chi connectivity index (χ1n) is 8.75. The van der Waals surface area contributed by atoms with Crippen molar-refractivity contribution in [3.8, 4) is 16.9 Å². The molecule has 0 radical (unpaired) electrons. The smallest absolute Gasteiger partial charge is 0.150 e. The average Bonchev–Trinajstić information content (AvgIpc) is 2.81. The van der Waals surface area contributed by atoms with Gasteiger partial charge in [0.25, 0.3) is 0 Å². The second-order valence-corrected chi connectivity index (χ2v) is 6.64. The molecule has 24 heavy (non-hydrogen) atoms. The highest BCUT2D eigenvalue weighted by Gasteiger charge is 2.28. The first-order chi connectivity index (χ1) is 11.7. The lowest BCUT2D eigenvalue weighted by molar-refractivity contribution is 0.199. The van der Waals surface area contributed by atoms with Crippen molar-refractivity contribution >= 4 is 5.69 Å². The lowest BCUT2D eigenvalue weighted by Crippen LogP contribution is -2.51. The second kappa shape index (κ2) is 6.46. The topological polar surface area (TPSA) is 44.7 Å². The summed E-state index contributed by atoms with van der Waals surface area (Å²) in [5.74, 6) is 0.992. The van der Waals surface area contributed by atoms with E-state index in [0.717, 1.165) is 55.1 Å². The molecule has 2 aliphatic heterocycles. The first-order valence-corrected chi connectivity index (χ1v) is 8.75. The molecule has 2 unspecified atom stereocenters. The molecule has 2 atom stereocenters. The predicted octanol–water partition coefficient (Wildman–Crippen LogP) is 2.97. The van der Waals surface area contributed by atoms with Crippen molar-refractivity contribution in [3.63, 3.8) is 0 Å². The molecule has 4 heteroatoms. The van der Waals surface area contributed by atoms with E-state index < -0.39 is 6.10 Å². The third-order valence-electron chi connectivity index (χ3n) is 5.06. The molecule has 2 aliphatic rings. The van der Waals surface area contributed by atoms with Gasteiger partial charge in [-0.25, -0.2) is 0 Å². The molecule has 2 N–H and O–H groups in total. The van der Waals surface area contributed by atoms with Crippen LogP contribution in [0.3, 0.4) is 0 Å². The number of piperazine rings is 1. The Kier molecular flexibility index (Phi) is 4.17. The summed E-state index contributed by atoms with van der Waals surface area (Å²) in [6, 6.07) is 15.0. The van der Waals surface area contributed by atoms with Crippen molar-refractivity contribution in [2.24, 2.45) is 0 Å². The van der Waals surface area contributed by atoms with Crippen molar-refractivity contribution in [2.45, 2.75) is 25.5 Å². The van der Waals surface area contributed by atoms with Gasteiger partial charge in [-0.3, -0.25) is 0 Å². The summed E-state index contributed by atoms with van der Waals surface area (Å²) in [6.45, 7) is 5.60. The summed E-state index contributed by atoms with van der Waals surface area (Å²) < 4.78 is 6.18. The van der Waals surface area contributed by atoms with Gasteiger partial charge in [0.15, 0.2) is 0 Å². The van der Waals surface area contributed by atoms with Crippen LogP contribution in [0.5, 0.6) is 5.75 Å². The number of fused-ring (bicyclic) bond motifs is 3. The lowest BCUT2D eigenvalue weighted by Gasteiger charge is -2.36. The van der Waals surface area contributed by atoms with Gasteiger partial charge in [-0.2, -0.15) is 0 Å². The number of para-hydroxylation sites is 1. The number of aliphatic hydroxyl groups is 1. The maximum atomic E-state index is 9.71. The number of ether oxygens (including phenoxy) is 1. The zero-order valence-corrected chi connectivity index (χ0v) is 14.0. The largest absolute Gasteiger partial charge is 0.491 e. The number of nitrogens with one attached hydrogen (secondary N) is 1. The van der Waals surface area contributed by atoms with Gasteiger partial charge < -0.3 is 20.1 Å². The maximum absolute atomic E-state index is 9.71. The summed E-state index contributed by atoms with van der Waals surface area (Å²) in [6.07, 6.45) is 0.604. The third kappa shape index (κ3) is 2.76. The Morgan fingerprint density at radius 3 is 2.83 bits per heavy atom. The average molecular weight is 324 g/mol. The normalized spacial score (nSPS) is 21.2. The van der Waals surface area contributed by atoms with Gasteiger partial charge in [0.05, 0.1) is 18.4 Å². The monoisotopic (exact) mass is 324 g/mol. The molecule has 4 rings (SSSR count). The van der Waals surface area contributed by atoms with Crippen molar-refractivity contribution in [2.75, 3.05) is 31.1 Å². The van der Waals surface area contributed by atoms with E-state index in [2.05, 4.69) is 40.5 Å². The molecule has 2 heterocycles. The third-order valence-corrected chi connectivity index (χ3v) is 5.06. The van der Waals surface area contributed by atoms with Crippen LogP contribution in [0.4, 0.5) is 5.69 Å². The van der Waals surface area contributed by atoms with Gasteiger partial charge in [-0.05, 0) is 24.1 Å². The highest BCUT2D eigenvalue weighted by Crippen LogP contribution is 2.41. The number of hydrogen-bond donors (Lipinski definition) is 2. The Balaban J connectivity index is 1.75. The molecule has 0 aliphatic carbocycles. The van der Waals surface area contributed by atoms with Crippen molar-refractivity contribution < 1.29 is 9.84 Å². The van der Waals surface area contributed by atoms with Crippen LogP contribution >= 0.6 is 0 Å². The van der Waals surface area contributed by atoms with E-state index in [9.17, 15) is 5.11 Å². The number of benzene rings is 2. The van der Waals surface area contributed by atoms with Crippen molar-refractivity contribution in [3.05, 3.63) is 48.0 Å². The zero-order chi connectivity index (χ0) is 16.5.